The van der Waals surface area contributed by atoms with Crippen molar-refractivity contribution in [1.82, 2.24) is 0 Å². The SMILES string of the molecule is [2H]C([2H])([2H])Oc1ccc(C)c(N)c1. The fourth-order valence-corrected chi connectivity index (χ4v) is 0.682. The maximum Gasteiger partial charge on any atom is 0.120 e. The molecule has 0 spiro atoms. The average Bonchev–Trinajstić information content (AvgIpc) is 1.94. The van der Waals surface area contributed by atoms with Gasteiger partial charge in [-0.05, 0) is 18.6 Å². The zero-order chi connectivity index (χ0) is 10.1. The van der Waals surface area contributed by atoms with Gasteiger partial charge < -0.3 is 10.5 Å². The molecule has 0 aliphatic rings. The van der Waals surface area contributed by atoms with Gasteiger partial charge in [-0.25, -0.2) is 0 Å². The van der Waals surface area contributed by atoms with Gasteiger partial charge in [0.2, 0.25) is 0 Å². The van der Waals surface area contributed by atoms with Crippen LogP contribution in [0.25, 0.3) is 0 Å². The Labute approximate surface area is 64.8 Å². The summed E-state index contributed by atoms with van der Waals surface area (Å²) in [6.07, 6.45) is 0. The van der Waals surface area contributed by atoms with Crippen LogP contribution >= 0.6 is 0 Å². The van der Waals surface area contributed by atoms with E-state index in [1.807, 2.05) is 6.92 Å². The zero-order valence-corrected chi connectivity index (χ0v) is 5.72. The average molecular weight is 140 g/mol. The highest BCUT2D eigenvalue weighted by molar-refractivity contribution is 5.50. The molecule has 0 radical (unpaired) electrons. The van der Waals surface area contributed by atoms with E-state index in [4.69, 9.17) is 9.85 Å². The number of hydrogen-bond donors (Lipinski definition) is 1. The molecule has 0 fully saturated rings. The number of anilines is 1. The third-order valence-electron chi connectivity index (χ3n) is 1.37. The first-order valence-electron chi connectivity index (χ1n) is 4.43. The van der Waals surface area contributed by atoms with E-state index in [0.717, 1.165) is 5.56 Å². The smallest absolute Gasteiger partial charge is 0.120 e. The van der Waals surface area contributed by atoms with E-state index in [-0.39, 0.29) is 5.75 Å². The van der Waals surface area contributed by atoms with E-state index in [9.17, 15) is 0 Å². The molecule has 0 bridgehead atoms. The largest absolute Gasteiger partial charge is 0.497 e. The first kappa shape index (κ1) is 3.86. The van der Waals surface area contributed by atoms with E-state index >= 15 is 0 Å². The van der Waals surface area contributed by atoms with Crippen molar-refractivity contribution < 1.29 is 8.85 Å². The Kier molecular flexibility index (Phi) is 1.01. The summed E-state index contributed by atoms with van der Waals surface area (Å²) < 4.78 is 25.2. The van der Waals surface area contributed by atoms with Gasteiger partial charge in [-0.3, -0.25) is 0 Å². The molecule has 0 aromatic heterocycles. The lowest BCUT2D eigenvalue weighted by atomic mass is 10.2. The molecule has 2 heteroatoms. The monoisotopic (exact) mass is 140 g/mol. The first-order chi connectivity index (χ1) is 5.88. The van der Waals surface area contributed by atoms with Gasteiger partial charge in [-0.1, -0.05) is 6.07 Å². The van der Waals surface area contributed by atoms with Crippen molar-refractivity contribution in [3.05, 3.63) is 23.8 Å². The van der Waals surface area contributed by atoms with Crippen molar-refractivity contribution in [3.63, 3.8) is 0 Å². The Bertz CT molecular complexity index is 309. The highest BCUT2D eigenvalue weighted by Gasteiger charge is 1.93. The third-order valence-corrected chi connectivity index (χ3v) is 1.37. The van der Waals surface area contributed by atoms with Crippen molar-refractivity contribution in [3.8, 4) is 5.75 Å². The molecule has 1 rings (SSSR count). The van der Waals surface area contributed by atoms with Crippen molar-refractivity contribution in [2.45, 2.75) is 6.92 Å². The summed E-state index contributed by atoms with van der Waals surface area (Å²) in [6.45, 7) is 1.84. The minimum absolute atomic E-state index is 0.267. The van der Waals surface area contributed by atoms with Crippen molar-refractivity contribution in [1.29, 1.82) is 0 Å². The van der Waals surface area contributed by atoms with Crippen LogP contribution in [0, 0.1) is 6.92 Å². The predicted molar refractivity (Wildman–Crippen MR) is 42.1 cm³/mol. The highest BCUT2D eigenvalue weighted by atomic mass is 16.5. The van der Waals surface area contributed by atoms with Crippen molar-refractivity contribution in [2.24, 2.45) is 0 Å². The van der Waals surface area contributed by atoms with Gasteiger partial charge in [-0.15, -0.1) is 0 Å². The summed E-state index contributed by atoms with van der Waals surface area (Å²) in [7, 11) is -2.41. The Morgan fingerprint density at radius 1 is 1.60 bits per heavy atom. The van der Waals surface area contributed by atoms with Gasteiger partial charge in [0.1, 0.15) is 5.75 Å². The fraction of sp³-hybridized carbons (Fsp3) is 0.250. The number of ether oxygens (including phenoxy) is 1. The van der Waals surface area contributed by atoms with Gasteiger partial charge in [0, 0.05) is 11.8 Å². The normalized spacial score (nSPS) is 15.1. The standard InChI is InChI=1S/C8H11NO/c1-6-3-4-7(10-2)5-8(6)9/h3-5H,9H2,1-2H3/i2D3. The molecule has 0 unspecified atom stereocenters. The van der Waals surface area contributed by atoms with Crippen LogP contribution in [0.3, 0.4) is 0 Å². The molecule has 0 amide bonds. The molecule has 1 aromatic rings. The molecule has 0 aliphatic carbocycles. The van der Waals surface area contributed by atoms with E-state index < -0.39 is 7.04 Å². The molecule has 54 valence electrons. The van der Waals surface area contributed by atoms with Crippen LogP contribution in [0.1, 0.15) is 9.68 Å². The van der Waals surface area contributed by atoms with Crippen LogP contribution in [0.2, 0.25) is 0 Å². The van der Waals surface area contributed by atoms with Gasteiger partial charge in [0.15, 0.2) is 0 Å². The Balaban J connectivity index is 2.86. The van der Waals surface area contributed by atoms with Crippen LogP contribution in [0.15, 0.2) is 18.2 Å². The molecule has 10 heavy (non-hydrogen) atoms. The molecular weight excluding hydrogens is 126 g/mol. The van der Waals surface area contributed by atoms with Crippen molar-refractivity contribution >= 4 is 5.69 Å². The number of nitrogens with two attached hydrogens (primary N) is 1. The Hall–Kier alpha value is -1.18. The molecule has 0 atom stereocenters. The summed E-state index contributed by atoms with van der Waals surface area (Å²) in [4.78, 5) is 0. The summed E-state index contributed by atoms with van der Waals surface area (Å²) >= 11 is 0. The lowest BCUT2D eigenvalue weighted by Gasteiger charge is -2.02. The van der Waals surface area contributed by atoms with Gasteiger partial charge >= 0.3 is 0 Å². The topological polar surface area (TPSA) is 35.2 Å². The quantitative estimate of drug-likeness (QED) is 0.601. The first-order valence-corrected chi connectivity index (χ1v) is 2.93. The van der Waals surface area contributed by atoms with E-state index in [1.54, 1.807) is 12.1 Å². The van der Waals surface area contributed by atoms with E-state index in [1.165, 1.54) is 6.07 Å². The second-order valence-electron chi connectivity index (χ2n) is 2.12. The molecule has 0 heterocycles. The lowest BCUT2D eigenvalue weighted by Crippen LogP contribution is -1.90. The third kappa shape index (κ3) is 1.21. The second kappa shape index (κ2) is 2.60. The van der Waals surface area contributed by atoms with Gasteiger partial charge in [-0.2, -0.15) is 0 Å². The van der Waals surface area contributed by atoms with E-state index in [0.29, 0.717) is 5.69 Å². The fourth-order valence-electron chi connectivity index (χ4n) is 0.682. The molecule has 0 saturated heterocycles. The predicted octanol–water partition coefficient (Wildman–Crippen LogP) is 1.59. The van der Waals surface area contributed by atoms with Crippen LogP contribution in [0.5, 0.6) is 5.75 Å². The number of hydrogen-bond acceptors (Lipinski definition) is 2. The number of benzene rings is 1. The molecule has 2 nitrogen and oxygen atoms in total. The van der Waals surface area contributed by atoms with Gasteiger partial charge in [0.05, 0.1) is 11.2 Å². The molecular formula is C8H11NO. The molecule has 2 N–H and O–H groups in total. The van der Waals surface area contributed by atoms with E-state index in [2.05, 4.69) is 4.74 Å². The summed E-state index contributed by atoms with van der Waals surface area (Å²) in [5.41, 5.74) is 7.01. The highest BCUT2D eigenvalue weighted by Crippen LogP contribution is 2.17. The van der Waals surface area contributed by atoms with Crippen LogP contribution < -0.4 is 10.5 Å². The molecule has 1 aromatic carbocycles. The zero-order valence-electron chi connectivity index (χ0n) is 8.72. The number of methoxy groups -OCH3 is 1. The van der Waals surface area contributed by atoms with Crippen molar-refractivity contribution in [2.75, 3.05) is 12.8 Å². The second-order valence-corrected chi connectivity index (χ2v) is 2.12. The van der Waals surface area contributed by atoms with Crippen LogP contribution in [-0.4, -0.2) is 7.04 Å². The number of rotatable bonds is 1. The van der Waals surface area contributed by atoms with Crippen LogP contribution in [-0.2, 0) is 0 Å². The molecule has 0 aliphatic heterocycles. The minimum Gasteiger partial charge on any atom is -0.497 e. The summed E-state index contributed by atoms with van der Waals surface area (Å²) in [5.74, 6) is 0.267. The lowest BCUT2D eigenvalue weighted by molar-refractivity contribution is 0.415. The van der Waals surface area contributed by atoms with Gasteiger partial charge in [0.25, 0.3) is 0 Å². The van der Waals surface area contributed by atoms with Crippen LogP contribution in [0.4, 0.5) is 5.69 Å². The summed E-state index contributed by atoms with van der Waals surface area (Å²) in [6, 6.07) is 4.80. The number of nitrogen functional groups attached to an aromatic ring is 1. The Morgan fingerprint density at radius 2 is 2.40 bits per heavy atom. The summed E-state index contributed by atoms with van der Waals surface area (Å²) in [5, 5.41) is 0. The Morgan fingerprint density at radius 3 is 3.00 bits per heavy atom. The maximum absolute atomic E-state index is 6.86. The maximum atomic E-state index is 6.86. The number of aryl methyl sites for hydroxylation is 1. The molecule has 0 saturated carbocycles. The minimum atomic E-state index is -2.41.